The zero-order chi connectivity index (χ0) is 31.1. The van der Waals surface area contributed by atoms with E-state index >= 15 is 0 Å². The SMILES string of the molecule is C=CC(=C)Oc1cc(C(=O)NCCO)ccc1Nc1nc2ccc(-c3ccc(C(=O)NCc4ccc(F)cc4)cc3)cn2n1. The van der Waals surface area contributed by atoms with Gasteiger partial charge in [-0.2, -0.15) is 4.98 Å². The number of ether oxygens (including phenoxy) is 1. The van der Waals surface area contributed by atoms with E-state index in [2.05, 4.69) is 39.2 Å². The number of carbonyl (C=O) groups excluding carboxylic acids is 2. The summed E-state index contributed by atoms with van der Waals surface area (Å²) in [7, 11) is 0. The van der Waals surface area contributed by atoms with Gasteiger partial charge in [0.05, 0.1) is 12.3 Å². The minimum absolute atomic E-state index is 0.125. The largest absolute Gasteiger partial charge is 0.456 e. The van der Waals surface area contributed by atoms with E-state index in [0.717, 1.165) is 16.7 Å². The second kappa shape index (κ2) is 13.4. The van der Waals surface area contributed by atoms with Crippen molar-refractivity contribution in [1.29, 1.82) is 0 Å². The van der Waals surface area contributed by atoms with Crippen LogP contribution in [0.4, 0.5) is 16.0 Å². The van der Waals surface area contributed by atoms with Crippen molar-refractivity contribution in [2.45, 2.75) is 6.54 Å². The van der Waals surface area contributed by atoms with Crippen LogP contribution in [0, 0.1) is 5.82 Å². The molecule has 0 aliphatic heterocycles. The molecule has 11 heteroatoms. The van der Waals surface area contributed by atoms with Crippen LogP contribution in [-0.2, 0) is 6.54 Å². The Balaban J connectivity index is 1.30. The summed E-state index contributed by atoms with van der Waals surface area (Å²) in [6.45, 7) is 7.68. The van der Waals surface area contributed by atoms with E-state index in [9.17, 15) is 14.0 Å². The first kappa shape index (κ1) is 29.7. The van der Waals surface area contributed by atoms with Gasteiger partial charge in [0, 0.05) is 36.0 Å². The number of hydrogen-bond donors (Lipinski definition) is 4. The number of rotatable bonds is 12. The number of hydrogen-bond acceptors (Lipinski definition) is 7. The number of amides is 2. The van der Waals surface area contributed by atoms with Gasteiger partial charge in [0.25, 0.3) is 11.8 Å². The van der Waals surface area contributed by atoms with E-state index in [0.29, 0.717) is 40.7 Å². The molecule has 10 nitrogen and oxygen atoms in total. The predicted molar refractivity (Wildman–Crippen MR) is 165 cm³/mol. The van der Waals surface area contributed by atoms with Crippen molar-refractivity contribution in [3.8, 4) is 16.9 Å². The van der Waals surface area contributed by atoms with E-state index in [1.165, 1.54) is 18.2 Å². The minimum Gasteiger partial charge on any atom is -0.456 e. The highest BCUT2D eigenvalue weighted by molar-refractivity contribution is 5.95. The van der Waals surface area contributed by atoms with E-state index in [-0.39, 0.29) is 36.5 Å². The molecule has 2 heterocycles. The topological polar surface area (TPSA) is 130 Å². The molecule has 0 fully saturated rings. The first-order valence-corrected chi connectivity index (χ1v) is 13.6. The number of benzene rings is 3. The molecule has 0 saturated heterocycles. The Morgan fingerprint density at radius 3 is 2.36 bits per heavy atom. The number of fused-ring (bicyclic) bond motifs is 1. The maximum absolute atomic E-state index is 13.1. The number of nitrogens with one attached hydrogen (secondary N) is 3. The molecule has 4 N–H and O–H groups in total. The van der Waals surface area contributed by atoms with Crippen LogP contribution < -0.4 is 20.7 Å². The molecule has 2 amide bonds. The molecule has 44 heavy (non-hydrogen) atoms. The second-order valence-electron chi connectivity index (χ2n) is 9.63. The zero-order valence-electron chi connectivity index (χ0n) is 23.6. The van der Waals surface area contributed by atoms with Crippen molar-refractivity contribution in [1.82, 2.24) is 25.2 Å². The lowest BCUT2D eigenvalue weighted by atomic mass is 10.1. The van der Waals surface area contributed by atoms with Gasteiger partial charge in [-0.05, 0) is 71.8 Å². The molecule has 3 aromatic carbocycles. The Labute approximate surface area is 252 Å². The molecule has 0 aliphatic carbocycles. The maximum Gasteiger partial charge on any atom is 0.251 e. The van der Waals surface area contributed by atoms with Crippen LogP contribution in [0.5, 0.6) is 5.75 Å². The van der Waals surface area contributed by atoms with Crippen molar-refractivity contribution >= 4 is 29.1 Å². The quantitative estimate of drug-likeness (QED) is 0.118. The van der Waals surface area contributed by atoms with Gasteiger partial charge in [0.1, 0.15) is 11.6 Å². The lowest BCUT2D eigenvalue weighted by Crippen LogP contribution is -2.26. The Bertz CT molecular complexity index is 1830. The second-order valence-corrected chi connectivity index (χ2v) is 9.63. The highest BCUT2D eigenvalue weighted by atomic mass is 19.1. The van der Waals surface area contributed by atoms with Crippen LogP contribution in [-0.4, -0.2) is 44.7 Å². The molecule has 0 saturated carbocycles. The Morgan fingerprint density at radius 1 is 0.932 bits per heavy atom. The molecule has 0 atom stereocenters. The number of allylic oxidation sites excluding steroid dienone is 1. The molecular weight excluding hydrogens is 563 g/mol. The van der Waals surface area contributed by atoms with Gasteiger partial charge in [-0.1, -0.05) is 37.4 Å². The molecule has 0 aliphatic rings. The highest BCUT2D eigenvalue weighted by Crippen LogP contribution is 2.30. The third-order valence-corrected chi connectivity index (χ3v) is 6.53. The van der Waals surface area contributed by atoms with E-state index in [1.807, 2.05) is 30.5 Å². The summed E-state index contributed by atoms with van der Waals surface area (Å²) < 4.78 is 20.5. The predicted octanol–water partition coefficient (Wildman–Crippen LogP) is 5.01. The summed E-state index contributed by atoms with van der Waals surface area (Å²) in [5.74, 6) is -0.0338. The number of nitrogens with zero attached hydrogens (tertiary/aromatic N) is 3. The number of aromatic nitrogens is 3. The number of carbonyl (C=O) groups is 2. The maximum atomic E-state index is 13.1. The molecule has 0 bridgehead atoms. The number of halogens is 1. The van der Waals surface area contributed by atoms with E-state index < -0.39 is 0 Å². The molecule has 0 radical (unpaired) electrons. The molecule has 222 valence electrons. The highest BCUT2D eigenvalue weighted by Gasteiger charge is 2.14. The fraction of sp³-hybridized carbons (Fsp3) is 0.0909. The van der Waals surface area contributed by atoms with Crippen molar-refractivity contribution in [2.75, 3.05) is 18.5 Å². The summed E-state index contributed by atoms with van der Waals surface area (Å²) >= 11 is 0. The van der Waals surface area contributed by atoms with Crippen molar-refractivity contribution in [3.63, 3.8) is 0 Å². The lowest BCUT2D eigenvalue weighted by Gasteiger charge is -2.13. The van der Waals surface area contributed by atoms with Crippen molar-refractivity contribution in [3.05, 3.63) is 133 Å². The molecule has 5 rings (SSSR count). The van der Waals surface area contributed by atoms with Gasteiger partial charge in [-0.25, -0.2) is 8.91 Å². The number of aliphatic hydroxyl groups excluding tert-OH is 1. The van der Waals surface area contributed by atoms with E-state index in [4.69, 9.17) is 9.84 Å². The van der Waals surface area contributed by atoms with Gasteiger partial charge in [0.2, 0.25) is 5.95 Å². The van der Waals surface area contributed by atoms with Crippen LogP contribution in [0.15, 0.2) is 110 Å². The molecular formula is C33H29FN6O4. The molecule has 0 unspecified atom stereocenters. The Kier molecular flexibility index (Phi) is 9.07. The fourth-order valence-electron chi connectivity index (χ4n) is 4.23. The average Bonchev–Trinajstić information content (AvgIpc) is 3.45. The number of aliphatic hydroxyl groups is 1. The third kappa shape index (κ3) is 7.15. The lowest BCUT2D eigenvalue weighted by molar-refractivity contribution is 0.0939. The van der Waals surface area contributed by atoms with Crippen LogP contribution in [0.3, 0.4) is 0 Å². The van der Waals surface area contributed by atoms with Gasteiger partial charge < -0.3 is 25.8 Å². The summed E-state index contributed by atoms with van der Waals surface area (Å²) in [4.78, 5) is 29.5. The van der Waals surface area contributed by atoms with Crippen molar-refractivity contribution in [2.24, 2.45) is 0 Å². The monoisotopic (exact) mass is 592 g/mol. The van der Waals surface area contributed by atoms with Crippen LogP contribution in [0.2, 0.25) is 0 Å². The summed E-state index contributed by atoms with van der Waals surface area (Å²) in [6.07, 6.45) is 3.27. The Morgan fingerprint density at radius 2 is 1.64 bits per heavy atom. The normalized spacial score (nSPS) is 10.7. The number of anilines is 2. The van der Waals surface area contributed by atoms with Crippen LogP contribution in [0.1, 0.15) is 26.3 Å². The van der Waals surface area contributed by atoms with Gasteiger partial charge in [-0.15, -0.1) is 5.10 Å². The fourth-order valence-corrected chi connectivity index (χ4v) is 4.23. The summed E-state index contributed by atoms with van der Waals surface area (Å²) in [5, 5.41) is 22.1. The van der Waals surface area contributed by atoms with Gasteiger partial charge in [0.15, 0.2) is 11.4 Å². The smallest absolute Gasteiger partial charge is 0.251 e. The average molecular weight is 593 g/mol. The third-order valence-electron chi connectivity index (χ3n) is 6.53. The molecule has 0 spiro atoms. The summed E-state index contributed by atoms with van der Waals surface area (Å²) in [5.41, 5.74) is 4.45. The van der Waals surface area contributed by atoms with Crippen LogP contribution in [0.25, 0.3) is 16.8 Å². The first-order valence-electron chi connectivity index (χ1n) is 13.6. The van der Waals surface area contributed by atoms with Crippen LogP contribution >= 0.6 is 0 Å². The molecule has 2 aromatic heterocycles. The minimum atomic E-state index is -0.364. The first-order chi connectivity index (χ1) is 21.3. The number of pyridine rings is 1. The molecule has 5 aromatic rings. The summed E-state index contributed by atoms with van der Waals surface area (Å²) in [6, 6.07) is 21.7. The van der Waals surface area contributed by atoms with Gasteiger partial charge in [-0.3, -0.25) is 9.59 Å². The van der Waals surface area contributed by atoms with Crippen molar-refractivity contribution < 1.29 is 23.8 Å². The standard InChI is InChI=1S/C33H29FN6O4/c1-3-21(2)44-29-18-25(32(43)35-16-17-41)10-14-28(29)37-33-38-30-15-11-26(20-40(30)39-33)23-6-8-24(9-7-23)31(42)36-19-22-4-12-27(34)13-5-22/h3-15,18,20,41H,1-2,16-17,19H2,(H,35,43)(H,36,42)(H,37,39). The zero-order valence-corrected chi connectivity index (χ0v) is 23.6. The Hall–Kier alpha value is -5.81. The van der Waals surface area contributed by atoms with Gasteiger partial charge >= 0.3 is 0 Å². The van der Waals surface area contributed by atoms with E-state index in [1.54, 1.807) is 47.0 Å².